The minimum Gasteiger partial charge on any atom is -0.394 e. The van der Waals surface area contributed by atoms with Crippen molar-refractivity contribution < 1.29 is 19.8 Å². The molecule has 1 rings (SSSR count). The molecule has 0 aromatic rings. The first-order valence-corrected chi connectivity index (χ1v) is 4.99. The molecule has 1 aliphatic rings. The highest BCUT2D eigenvalue weighted by atomic mass is 16.3. The molecule has 0 unspecified atom stereocenters. The number of amides is 2. The molecule has 1 fully saturated rings. The average Bonchev–Trinajstić information content (AvgIpc) is 2.26. The van der Waals surface area contributed by atoms with Crippen LogP contribution in [0.1, 0.15) is 12.8 Å². The summed E-state index contributed by atoms with van der Waals surface area (Å²) in [6.45, 7) is 0.179. The van der Waals surface area contributed by atoms with Gasteiger partial charge in [0.05, 0.1) is 12.7 Å². The van der Waals surface area contributed by atoms with Gasteiger partial charge in [0.2, 0.25) is 11.8 Å². The molecule has 0 saturated carbocycles. The lowest BCUT2D eigenvalue weighted by Gasteiger charge is -2.21. The van der Waals surface area contributed by atoms with E-state index in [0.717, 1.165) is 6.42 Å². The van der Waals surface area contributed by atoms with E-state index in [1.165, 1.54) is 0 Å². The van der Waals surface area contributed by atoms with Crippen LogP contribution in [0.25, 0.3) is 0 Å². The van der Waals surface area contributed by atoms with Crippen molar-refractivity contribution in [2.45, 2.75) is 18.9 Å². The molecular weight excluding hydrogens is 200 g/mol. The van der Waals surface area contributed by atoms with Crippen molar-refractivity contribution in [1.82, 2.24) is 10.6 Å². The summed E-state index contributed by atoms with van der Waals surface area (Å²) in [5.74, 6) is -1.32. The number of piperidine rings is 1. The van der Waals surface area contributed by atoms with E-state index in [2.05, 4.69) is 10.6 Å². The van der Waals surface area contributed by atoms with Crippen LogP contribution in [0.15, 0.2) is 0 Å². The third-order valence-corrected chi connectivity index (χ3v) is 2.32. The van der Waals surface area contributed by atoms with Gasteiger partial charge in [-0.05, 0) is 12.8 Å². The first-order chi connectivity index (χ1) is 7.15. The van der Waals surface area contributed by atoms with Crippen LogP contribution in [-0.4, -0.2) is 47.8 Å². The van der Waals surface area contributed by atoms with Crippen molar-refractivity contribution in [3.63, 3.8) is 0 Å². The highest BCUT2D eigenvalue weighted by Gasteiger charge is 2.28. The maximum absolute atomic E-state index is 11.5. The summed E-state index contributed by atoms with van der Waals surface area (Å²) < 4.78 is 0. The Balaban J connectivity index is 2.35. The molecular formula is C9H16N2O4. The van der Waals surface area contributed by atoms with Gasteiger partial charge in [-0.2, -0.15) is 0 Å². The number of rotatable bonds is 4. The summed E-state index contributed by atoms with van der Waals surface area (Å²) in [5.41, 5.74) is 0. The predicted octanol–water partition coefficient (Wildman–Crippen LogP) is -2.02. The second-order valence-electron chi connectivity index (χ2n) is 3.57. The molecule has 1 saturated heterocycles. The fourth-order valence-corrected chi connectivity index (χ4v) is 1.43. The molecule has 6 nitrogen and oxygen atoms in total. The number of aliphatic hydroxyl groups excluding tert-OH is 2. The first kappa shape index (κ1) is 11.9. The predicted molar refractivity (Wildman–Crippen MR) is 51.8 cm³/mol. The molecule has 6 heteroatoms. The number of nitrogens with one attached hydrogen (secondary N) is 2. The van der Waals surface area contributed by atoms with Crippen molar-refractivity contribution >= 4 is 11.8 Å². The largest absolute Gasteiger partial charge is 0.394 e. The Labute approximate surface area is 87.7 Å². The molecule has 0 radical (unpaired) electrons. The highest BCUT2D eigenvalue weighted by Crippen LogP contribution is 2.10. The van der Waals surface area contributed by atoms with Crippen LogP contribution in [-0.2, 0) is 9.59 Å². The maximum Gasteiger partial charge on any atom is 0.232 e. The Morgan fingerprint density at radius 3 is 3.00 bits per heavy atom. The molecule has 0 aliphatic carbocycles. The normalized spacial score (nSPS) is 23.1. The zero-order chi connectivity index (χ0) is 11.3. The van der Waals surface area contributed by atoms with E-state index in [0.29, 0.717) is 13.0 Å². The van der Waals surface area contributed by atoms with E-state index in [1.807, 2.05) is 0 Å². The van der Waals surface area contributed by atoms with Gasteiger partial charge in [0.15, 0.2) is 0 Å². The molecule has 15 heavy (non-hydrogen) atoms. The van der Waals surface area contributed by atoms with E-state index >= 15 is 0 Å². The van der Waals surface area contributed by atoms with E-state index in [-0.39, 0.29) is 18.4 Å². The van der Waals surface area contributed by atoms with Crippen molar-refractivity contribution in [3.05, 3.63) is 0 Å². The molecule has 1 heterocycles. The summed E-state index contributed by atoms with van der Waals surface area (Å²) in [5, 5.41) is 22.6. The SMILES string of the molecule is O=C1NCCC[C@@H]1C(=O)NC[C@H](O)CO. The lowest BCUT2D eigenvalue weighted by Crippen LogP contribution is -2.46. The number of hydrogen-bond acceptors (Lipinski definition) is 4. The monoisotopic (exact) mass is 216 g/mol. The van der Waals surface area contributed by atoms with Gasteiger partial charge in [-0.15, -0.1) is 0 Å². The molecule has 2 atom stereocenters. The number of hydrogen-bond donors (Lipinski definition) is 4. The van der Waals surface area contributed by atoms with Gasteiger partial charge < -0.3 is 20.8 Å². The van der Waals surface area contributed by atoms with Crippen LogP contribution in [0, 0.1) is 5.92 Å². The second kappa shape index (κ2) is 5.67. The topological polar surface area (TPSA) is 98.7 Å². The standard InChI is InChI=1S/C9H16N2O4/c12-5-6(13)4-11-9(15)7-2-1-3-10-8(7)14/h6-7,12-13H,1-5H2,(H,10,14)(H,11,15)/t6-,7-/m0/s1. The number of carbonyl (C=O) groups excluding carboxylic acids is 2. The van der Waals surface area contributed by atoms with Crippen LogP contribution in [0.2, 0.25) is 0 Å². The number of aliphatic hydroxyl groups is 2. The molecule has 0 spiro atoms. The lowest BCUT2D eigenvalue weighted by molar-refractivity contribution is -0.137. The number of carbonyl (C=O) groups is 2. The Hall–Kier alpha value is -1.14. The third-order valence-electron chi connectivity index (χ3n) is 2.32. The van der Waals surface area contributed by atoms with E-state index in [4.69, 9.17) is 10.2 Å². The van der Waals surface area contributed by atoms with Crippen molar-refractivity contribution in [3.8, 4) is 0 Å². The zero-order valence-corrected chi connectivity index (χ0v) is 8.40. The summed E-state index contributed by atoms with van der Waals surface area (Å²) in [7, 11) is 0. The average molecular weight is 216 g/mol. The molecule has 0 aromatic heterocycles. The van der Waals surface area contributed by atoms with E-state index in [9.17, 15) is 9.59 Å². The molecule has 2 amide bonds. The quantitative estimate of drug-likeness (QED) is 0.408. The second-order valence-corrected chi connectivity index (χ2v) is 3.57. The van der Waals surface area contributed by atoms with E-state index < -0.39 is 18.6 Å². The molecule has 0 aromatic carbocycles. The summed E-state index contributed by atoms with van der Waals surface area (Å²) in [6, 6.07) is 0. The zero-order valence-electron chi connectivity index (χ0n) is 8.40. The van der Waals surface area contributed by atoms with Crippen LogP contribution >= 0.6 is 0 Å². The fraction of sp³-hybridized carbons (Fsp3) is 0.778. The smallest absolute Gasteiger partial charge is 0.232 e. The van der Waals surface area contributed by atoms with Gasteiger partial charge >= 0.3 is 0 Å². The summed E-state index contributed by atoms with van der Waals surface area (Å²) in [6.07, 6.45) is 0.347. The fourth-order valence-electron chi connectivity index (χ4n) is 1.43. The first-order valence-electron chi connectivity index (χ1n) is 4.99. The molecule has 1 aliphatic heterocycles. The highest BCUT2D eigenvalue weighted by molar-refractivity contribution is 6.00. The van der Waals surface area contributed by atoms with Crippen molar-refractivity contribution in [2.75, 3.05) is 19.7 Å². The van der Waals surface area contributed by atoms with Crippen LogP contribution < -0.4 is 10.6 Å². The maximum atomic E-state index is 11.5. The van der Waals surface area contributed by atoms with Crippen molar-refractivity contribution in [2.24, 2.45) is 5.92 Å². The van der Waals surface area contributed by atoms with E-state index in [1.54, 1.807) is 0 Å². The summed E-state index contributed by atoms with van der Waals surface area (Å²) >= 11 is 0. The molecule has 86 valence electrons. The van der Waals surface area contributed by atoms with Gasteiger partial charge in [0.1, 0.15) is 5.92 Å². The van der Waals surface area contributed by atoms with Gasteiger partial charge in [0, 0.05) is 13.1 Å². The minimum atomic E-state index is -0.972. The van der Waals surface area contributed by atoms with Gasteiger partial charge in [0.25, 0.3) is 0 Å². The van der Waals surface area contributed by atoms with Gasteiger partial charge in [-0.3, -0.25) is 9.59 Å². The van der Waals surface area contributed by atoms with Crippen LogP contribution in [0.3, 0.4) is 0 Å². The Morgan fingerprint density at radius 2 is 2.40 bits per heavy atom. The Morgan fingerprint density at radius 1 is 1.67 bits per heavy atom. The Bertz CT molecular complexity index is 244. The Kier molecular flexibility index (Phi) is 4.51. The minimum absolute atomic E-state index is 0.0287. The molecule has 4 N–H and O–H groups in total. The van der Waals surface area contributed by atoms with Crippen LogP contribution in [0.4, 0.5) is 0 Å². The lowest BCUT2D eigenvalue weighted by atomic mass is 9.98. The molecule has 0 bridgehead atoms. The van der Waals surface area contributed by atoms with Crippen LogP contribution in [0.5, 0.6) is 0 Å². The summed E-state index contributed by atoms with van der Waals surface area (Å²) in [4.78, 5) is 22.7. The third kappa shape index (κ3) is 3.49. The van der Waals surface area contributed by atoms with Gasteiger partial charge in [-0.1, -0.05) is 0 Å². The van der Waals surface area contributed by atoms with Crippen molar-refractivity contribution in [1.29, 1.82) is 0 Å². The van der Waals surface area contributed by atoms with Gasteiger partial charge in [-0.25, -0.2) is 0 Å².